The molecule has 0 radical (unpaired) electrons. The summed E-state index contributed by atoms with van der Waals surface area (Å²) in [6, 6.07) is 0. The van der Waals surface area contributed by atoms with E-state index in [1.807, 2.05) is 0 Å². The number of hydrogen-bond donors (Lipinski definition) is 1. The van der Waals surface area contributed by atoms with Crippen LogP contribution in [0, 0.1) is 5.92 Å². The lowest BCUT2D eigenvalue weighted by atomic mass is 9.82. The largest absolute Gasteiger partial charge is 0.477 e. The third-order valence-corrected chi connectivity index (χ3v) is 5.53. The highest BCUT2D eigenvalue weighted by Gasteiger charge is 2.29. The molecule has 1 aliphatic carbocycles. The van der Waals surface area contributed by atoms with Crippen LogP contribution in [0.4, 0.5) is 0 Å². The summed E-state index contributed by atoms with van der Waals surface area (Å²) >= 11 is 1.39. The van der Waals surface area contributed by atoms with Crippen molar-refractivity contribution in [2.45, 2.75) is 51.5 Å². The first-order valence-electron chi connectivity index (χ1n) is 7.58. The van der Waals surface area contributed by atoms with Crippen molar-refractivity contribution in [1.82, 2.24) is 9.88 Å². The van der Waals surface area contributed by atoms with Gasteiger partial charge in [-0.25, -0.2) is 9.78 Å². The van der Waals surface area contributed by atoms with E-state index in [0.29, 0.717) is 10.8 Å². The van der Waals surface area contributed by atoms with Crippen LogP contribution in [0.5, 0.6) is 0 Å². The molecule has 1 aromatic rings. The maximum Gasteiger partial charge on any atom is 0.347 e. The molecule has 0 amide bonds. The van der Waals surface area contributed by atoms with Crippen LogP contribution >= 0.6 is 11.3 Å². The second-order valence-electron chi connectivity index (χ2n) is 6.24. The number of thiazole rings is 1. The molecular weight excluding hydrogens is 272 g/mol. The number of carboxylic acid groups (broad SMARTS) is 1. The summed E-state index contributed by atoms with van der Waals surface area (Å²) in [6.45, 7) is 5.34. The van der Waals surface area contributed by atoms with Gasteiger partial charge < -0.3 is 5.11 Å². The third-order valence-electron chi connectivity index (χ3n) is 4.48. The lowest BCUT2D eigenvalue weighted by Crippen LogP contribution is -2.33. The quantitative estimate of drug-likeness (QED) is 0.925. The molecular formula is C15H22N2O2S. The summed E-state index contributed by atoms with van der Waals surface area (Å²) in [7, 11) is 0. The smallest absolute Gasteiger partial charge is 0.347 e. The zero-order chi connectivity index (χ0) is 14.1. The molecule has 2 aliphatic rings. The lowest BCUT2D eigenvalue weighted by Gasteiger charge is -2.30. The van der Waals surface area contributed by atoms with Crippen LogP contribution in [0.15, 0.2) is 0 Å². The number of carbonyl (C=O) groups is 1. The van der Waals surface area contributed by atoms with Gasteiger partial charge in [0.1, 0.15) is 9.88 Å². The average Bonchev–Trinajstić information content (AvgIpc) is 2.70. The highest BCUT2D eigenvalue weighted by atomic mass is 32.1. The zero-order valence-corrected chi connectivity index (χ0v) is 12.8. The lowest BCUT2D eigenvalue weighted by molar-refractivity contribution is 0.0699. The molecule has 1 saturated heterocycles. The molecule has 2 heterocycles. The summed E-state index contributed by atoms with van der Waals surface area (Å²) in [5.74, 6) is 0.336. The molecule has 1 N–H and O–H groups in total. The Hall–Kier alpha value is -0.940. The normalized spacial score (nSPS) is 24.6. The number of aromatic carboxylic acids is 1. The maximum absolute atomic E-state index is 11.4. The SMILES string of the molecule is CC1CCCN(Cc2nc(C3CCC3)c(C(=O)O)s2)C1. The first kappa shape index (κ1) is 14.0. The fourth-order valence-corrected chi connectivity index (χ4v) is 4.21. The predicted octanol–water partition coefficient (Wildman–Crippen LogP) is 3.34. The van der Waals surface area contributed by atoms with Crippen molar-refractivity contribution in [2.24, 2.45) is 5.92 Å². The number of rotatable bonds is 4. The summed E-state index contributed by atoms with van der Waals surface area (Å²) in [5.41, 5.74) is 0.855. The molecule has 4 nitrogen and oxygen atoms in total. The van der Waals surface area contributed by atoms with Crippen molar-refractivity contribution in [3.05, 3.63) is 15.6 Å². The van der Waals surface area contributed by atoms with Crippen LogP contribution < -0.4 is 0 Å². The molecule has 20 heavy (non-hydrogen) atoms. The Kier molecular flexibility index (Phi) is 4.08. The minimum atomic E-state index is -0.803. The first-order chi connectivity index (χ1) is 9.63. The van der Waals surface area contributed by atoms with Crippen LogP contribution in [-0.4, -0.2) is 34.0 Å². The Balaban J connectivity index is 1.74. The first-order valence-corrected chi connectivity index (χ1v) is 8.40. The predicted molar refractivity (Wildman–Crippen MR) is 79.3 cm³/mol. The summed E-state index contributed by atoms with van der Waals surface area (Å²) in [6.07, 6.45) is 5.96. The minimum absolute atomic E-state index is 0.395. The zero-order valence-electron chi connectivity index (χ0n) is 12.0. The van der Waals surface area contributed by atoms with Crippen molar-refractivity contribution in [3.63, 3.8) is 0 Å². The topological polar surface area (TPSA) is 53.4 Å². The Labute approximate surface area is 123 Å². The van der Waals surface area contributed by atoms with Gasteiger partial charge in [-0.05, 0) is 38.1 Å². The summed E-state index contributed by atoms with van der Waals surface area (Å²) in [4.78, 5) is 19.0. The van der Waals surface area contributed by atoms with Crippen molar-refractivity contribution >= 4 is 17.3 Å². The van der Waals surface area contributed by atoms with Crippen LogP contribution in [0.25, 0.3) is 0 Å². The molecule has 0 spiro atoms. The number of nitrogens with zero attached hydrogens (tertiary/aromatic N) is 2. The van der Waals surface area contributed by atoms with E-state index in [4.69, 9.17) is 0 Å². The van der Waals surface area contributed by atoms with Crippen molar-refractivity contribution in [3.8, 4) is 0 Å². The van der Waals surface area contributed by atoms with Gasteiger partial charge in [0.15, 0.2) is 0 Å². The fourth-order valence-electron chi connectivity index (χ4n) is 3.18. The van der Waals surface area contributed by atoms with E-state index in [2.05, 4.69) is 16.8 Å². The molecule has 3 rings (SSSR count). The Morgan fingerprint density at radius 1 is 1.40 bits per heavy atom. The summed E-state index contributed by atoms with van der Waals surface area (Å²) in [5, 5.41) is 10.3. The van der Waals surface area contributed by atoms with Crippen molar-refractivity contribution < 1.29 is 9.90 Å². The Morgan fingerprint density at radius 3 is 2.80 bits per heavy atom. The van der Waals surface area contributed by atoms with Crippen LogP contribution in [0.3, 0.4) is 0 Å². The van der Waals surface area contributed by atoms with E-state index in [9.17, 15) is 9.90 Å². The molecule has 0 bridgehead atoms. The summed E-state index contributed by atoms with van der Waals surface area (Å²) < 4.78 is 0. The standard InChI is InChI=1S/C15H22N2O2S/c1-10-4-3-7-17(8-10)9-12-16-13(11-5-2-6-11)14(20-12)15(18)19/h10-11H,2-9H2,1H3,(H,18,19). The van der Waals surface area contributed by atoms with E-state index in [1.54, 1.807) is 0 Å². The number of hydrogen-bond acceptors (Lipinski definition) is 4. The third kappa shape index (κ3) is 2.88. The Bertz CT molecular complexity index is 496. The average molecular weight is 294 g/mol. The molecule has 110 valence electrons. The number of piperidine rings is 1. The van der Waals surface area contributed by atoms with Gasteiger partial charge in [0.25, 0.3) is 0 Å². The monoisotopic (exact) mass is 294 g/mol. The molecule has 1 aliphatic heterocycles. The molecule has 0 aromatic carbocycles. The molecule has 1 saturated carbocycles. The number of likely N-dealkylation sites (tertiary alicyclic amines) is 1. The van der Waals surface area contributed by atoms with Gasteiger partial charge in [-0.15, -0.1) is 11.3 Å². The highest BCUT2D eigenvalue weighted by Crippen LogP contribution is 2.39. The van der Waals surface area contributed by atoms with Gasteiger partial charge in [-0.3, -0.25) is 4.90 Å². The van der Waals surface area contributed by atoms with Crippen molar-refractivity contribution in [1.29, 1.82) is 0 Å². The van der Waals surface area contributed by atoms with E-state index in [0.717, 1.165) is 49.1 Å². The van der Waals surface area contributed by atoms with Crippen molar-refractivity contribution in [2.75, 3.05) is 13.1 Å². The highest BCUT2D eigenvalue weighted by molar-refractivity contribution is 7.13. The maximum atomic E-state index is 11.4. The second kappa shape index (κ2) is 5.82. The number of carboxylic acids is 1. The van der Waals surface area contributed by atoms with Crippen LogP contribution in [0.1, 0.15) is 65.3 Å². The van der Waals surface area contributed by atoms with Gasteiger partial charge in [-0.1, -0.05) is 13.3 Å². The van der Waals surface area contributed by atoms with Crippen LogP contribution in [0.2, 0.25) is 0 Å². The number of aromatic nitrogens is 1. The minimum Gasteiger partial charge on any atom is -0.477 e. The molecule has 1 atom stereocenters. The van der Waals surface area contributed by atoms with E-state index < -0.39 is 5.97 Å². The van der Waals surface area contributed by atoms with E-state index >= 15 is 0 Å². The molecule has 1 unspecified atom stereocenters. The van der Waals surface area contributed by atoms with Gasteiger partial charge in [0.2, 0.25) is 0 Å². The van der Waals surface area contributed by atoms with Gasteiger partial charge >= 0.3 is 5.97 Å². The van der Waals surface area contributed by atoms with E-state index in [1.165, 1.54) is 30.6 Å². The molecule has 5 heteroatoms. The fraction of sp³-hybridized carbons (Fsp3) is 0.733. The Morgan fingerprint density at radius 2 is 2.20 bits per heavy atom. The van der Waals surface area contributed by atoms with Gasteiger partial charge in [0.05, 0.1) is 12.2 Å². The van der Waals surface area contributed by atoms with Crippen LogP contribution in [-0.2, 0) is 6.54 Å². The second-order valence-corrected chi connectivity index (χ2v) is 7.32. The van der Waals surface area contributed by atoms with Gasteiger partial charge in [0, 0.05) is 12.5 Å². The molecule has 2 fully saturated rings. The van der Waals surface area contributed by atoms with E-state index in [-0.39, 0.29) is 0 Å². The van der Waals surface area contributed by atoms with Gasteiger partial charge in [-0.2, -0.15) is 0 Å². The molecule has 1 aromatic heterocycles.